The van der Waals surface area contributed by atoms with E-state index in [1.54, 1.807) is 11.8 Å². The molecule has 0 aliphatic carbocycles. The maximum atomic E-state index is 14.1. The van der Waals surface area contributed by atoms with E-state index in [0.717, 1.165) is 24.7 Å². The van der Waals surface area contributed by atoms with Gasteiger partial charge in [-0.05, 0) is 37.0 Å². The van der Waals surface area contributed by atoms with E-state index in [9.17, 15) is 12.8 Å². The van der Waals surface area contributed by atoms with Crippen LogP contribution in [0.5, 0.6) is 0 Å². The molecular weight excluding hydrogens is 335 g/mol. The van der Waals surface area contributed by atoms with Crippen LogP contribution in [0.3, 0.4) is 0 Å². The van der Waals surface area contributed by atoms with Crippen molar-refractivity contribution in [2.45, 2.75) is 30.7 Å². The van der Waals surface area contributed by atoms with Gasteiger partial charge in [0.15, 0.2) is 0 Å². The lowest BCUT2D eigenvalue weighted by atomic mass is 10.2. The Bertz CT molecular complexity index is 568. The number of hydrogen-bond acceptors (Lipinski definition) is 4. The smallest absolute Gasteiger partial charge is 0.243 e. The van der Waals surface area contributed by atoms with E-state index in [4.69, 9.17) is 17.3 Å². The van der Waals surface area contributed by atoms with Gasteiger partial charge < -0.3 is 5.73 Å². The van der Waals surface area contributed by atoms with Crippen molar-refractivity contribution in [3.8, 4) is 0 Å². The normalized spacial score (nSPS) is 11.8. The van der Waals surface area contributed by atoms with E-state index in [0.29, 0.717) is 6.42 Å². The number of nitrogens with one attached hydrogen (secondary N) is 1. The third-order valence-corrected chi connectivity index (χ3v) is 5.28. The number of hydrogen-bond donors (Lipinski definition) is 2. The van der Waals surface area contributed by atoms with E-state index in [-0.39, 0.29) is 23.7 Å². The van der Waals surface area contributed by atoms with Crippen molar-refractivity contribution < 1.29 is 12.8 Å². The monoisotopic (exact) mass is 354 g/mol. The average molecular weight is 355 g/mol. The van der Waals surface area contributed by atoms with Crippen LogP contribution >= 0.6 is 23.4 Å². The summed E-state index contributed by atoms with van der Waals surface area (Å²) in [5, 5.41) is 0.150. The summed E-state index contributed by atoms with van der Waals surface area (Å²) in [7, 11) is -3.91. The van der Waals surface area contributed by atoms with E-state index in [1.807, 2.05) is 6.26 Å². The Balaban J connectivity index is 2.72. The summed E-state index contributed by atoms with van der Waals surface area (Å²) in [5.41, 5.74) is 5.47. The fourth-order valence-electron chi connectivity index (χ4n) is 1.79. The number of thioether (sulfide) groups is 1. The standard InChI is InChI=1S/C13H20ClFN2O2S2/c1-20-6-4-2-3-5-17-21(18,19)12-8-11(14)7-10(9-16)13(12)15/h7-8,17H,2-6,9,16H2,1H3. The van der Waals surface area contributed by atoms with Gasteiger partial charge in [-0.25, -0.2) is 17.5 Å². The second kappa shape index (κ2) is 8.95. The maximum Gasteiger partial charge on any atom is 0.243 e. The first-order valence-electron chi connectivity index (χ1n) is 6.59. The molecule has 1 rings (SSSR count). The summed E-state index contributed by atoms with van der Waals surface area (Å²) >= 11 is 7.56. The molecule has 0 heterocycles. The zero-order valence-corrected chi connectivity index (χ0v) is 14.3. The number of nitrogens with two attached hydrogens (primary N) is 1. The molecule has 0 aliphatic rings. The van der Waals surface area contributed by atoms with Gasteiger partial charge in [0.1, 0.15) is 10.7 Å². The minimum atomic E-state index is -3.91. The molecule has 0 fully saturated rings. The first kappa shape index (κ1) is 18.7. The highest BCUT2D eigenvalue weighted by Gasteiger charge is 2.21. The topological polar surface area (TPSA) is 72.2 Å². The molecule has 0 saturated carbocycles. The lowest BCUT2D eigenvalue weighted by molar-refractivity contribution is 0.547. The van der Waals surface area contributed by atoms with Crippen molar-refractivity contribution in [2.75, 3.05) is 18.6 Å². The van der Waals surface area contributed by atoms with Gasteiger partial charge in [-0.15, -0.1) is 0 Å². The fraction of sp³-hybridized carbons (Fsp3) is 0.538. The molecule has 3 N–H and O–H groups in total. The number of unbranched alkanes of at least 4 members (excludes halogenated alkanes) is 2. The lowest BCUT2D eigenvalue weighted by Gasteiger charge is -2.10. The van der Waals surface area contributed by atoms with Crippen LogP contribution in [0.15, 0.2) is 17.0 Å². The molecule has 0 radical (unpaired) electrons. The summed E-state index contributed by atoms with van der Waals surface area (Å²) in [6.45, 7) is 0.171. The molecule has 0 spiro atoms. The molecule has 21 heavy (non-hydrogen) atoms. The molecule has 0 amide bonds. The van der Waals surface area contributed by atoms with Crippen LogP contribution in [-0.2, 0) is 16.6 Å². The summed E-state index contributed by atoms with van der Waals surface area (Å²) in [6.07, 6.45) is 4.70. The zero-order chi connectivity index (χ0) is 15.9. The largest absolute Gasteiger partial charge is 0.326 e. The van der Waals surface area contributed by atoms with Crippen LogP contribution in [0.4, 0.5) is 4.39 Å². The molecule has 0 aromatic heterocycles. The van der Waals surface area contributed by atoms with Gasteiger partial charge in [0.25, 0.3) is 0 Å². The van der Waals surface area contributed by atoms with Crippen molar-refractivity contribution in [2.24, 2.45) is 5.73 Å². The molecular formula is C13H20ClFN2O2S2. The Kier molecular flexibility index (Phi) is 7.97. The summed E-state index contributed by atoms with van der Waals surface area (Å²) in [6, 6.07) is 2.43. The number of rotatable bonds is 9. The molecule has 0 bridgehead atoms. The Labute approximate surface area is 134 Å². The van der Waals surface area contributed by atoms with Gasteiger partial charge >= 0.3 is 0 Å². The van der Waals surface area contributed by atoms with Crippen molar-refractivity contribution in [1.29, 1.82) is 0 Å². The van der Waals surface area contributed by atoms with Crippen LogP contribution in [0.1, 0.15) is 24.8 Å². The molecule has 0 aliphatic heterocycles. The highest BCUT2D eigenvalue weighted by Crippen LogP contribution is 2.23. The molecule has 0 saturated heterocycles. The molecule has 8 heteroatoms. The summed E-state index contributed by atoms with van der Waals surface area (Å²) in [5.74, 6) is 0.215. The first-order chi connectivity index (χ1) is 9.92. The van der Waals surface area contributed by atoms with Crippen LogP contribution in [-0.4, -0.2) is 27.0 Å². The zero-order valence-electron chi connectivity index (χ0n) is 11.9. The fourth-order valence-corrected chi connectivity index (χ4v) is 3.81. The molecule has 120 valence electrons. The second-order valence-corrected chi connectivity index (χ2v) is 7.69. The van der Waals surface area contributed by atoms with E-state index in [2.05, 4.69) is 4.72 Å². The third kappa shape index (κ3) is 5.75. The number of benzene rings is 1. The van der Waals surface area contributed by atoms with Crippen LogP contribution < -0.4 is 10.5 Å². The minimum absolute atomic E-state index is 0.0860. The predicted molar refractivity (Wildman–Crippen MR) is 86.7 cm³/mol. The average Bonchev–Trinajstić information content (AvgIpc) is 2.44. The van der Waals surface area contributed by atoms with E-state index < -0.39 is 20.7 Å². The Hall–Kier alpha value is -0.340. The molecule has 1 aromatic carbocycles. The molecule has 1 aromatic rings. The molecule has 4 nitrogen and oxygen atoms in total. The van der Waals surface area contributed by atoms with Crippen LogP contribution in [0, 0.1) is 5.82 Å². The van der Waals surface area contributed by atoms with Crippen LogP contribution in [0.25, 0.3) is 0 Å². The second-order valence-electron chi connectivity index (χ2n) is 4.53. The van der Waals surface area contributed by atoms with Gasteiger partial charge in [-0.1, -0.05) is 18.0 Å². The lowest BCUT2D eigenvalue weighted by Crippen LogP contribution is -2.26. The van der Waals surface area contributed by atoms with Crippen molar-refractivity contribution in [1.82, 2.24) is 4.72 Å². The Morgan fingerprint density at radius 3 is 2.67 bits per heavy atom. The SMILES string of the molecule is CSCCCCCNS(=O)(=O)c1cc(Cl)cc(CN)c1F. The number of sulfonamides is 1. The van der Waals surface area contributed by atoms with Gasteiger partial charge in [0.2, 0.25) is 10.0 Å². The summed E-state index contributed by atoms with van der Waals surface area (Å²) < 4.78 is 40.7. The van der Waals surface area contributed by atoms with E-state index >= 15 is 0 Å². The van der Waals surface area contributed by atoms with Gasteiger partial charge in [0.05, 0.1) is 0 Å². The van der Waals surface area contributed by atoms with Crippen molar-refractivity contribution in [3.63, 3.8) is 0 Å². The number of halogens is 2. The third-order valence-electron chi connectivity index (χ3n) is 2.91. The summed E-state index contributed by atoms with van der Waals surface area (Å²) in [4.78, 5) is -0.445. The highest BCUT2D eigenvalue weighted by molar-refractivity contribution is 7.98. The van der Waals surface area contributed by atoms with Gasteiger partial charge in [-0.3, -0.25) is 0 Å². The maximum absolute atomic E-state index is 14.1. The quantitative estimate of drug-likeness (QED) is 0.669. The minimum Gasteiger partial charge on any atom is -0.326 e. The van der Waals surface area contributed by atoms with Gasteiger partial charge in [-0.2, -0.15) is 11.8 Å². The highest BCUT2D eigenvalue weighted by atomic mass is 35.5. The Morgan fingerprint density at radius 2 is 2.05 bits per heavy atom. The van der Waals surface area contributed by atoms with E-state index in [1.165, 1.54) is 6.07 Å². The van der Waals surface area contributed by atoms with Gasteiger partial charge in [0, 0.05) is 23.7 Å². The van der Waals surface area contributed by atoms with Crippen molar-refractivity contribution >= 4 is 33.4 Å². The van der Waals surface area contributed by atoms with Crippen LogP contribution in [0.2, 0.25) is 5.02 Å². The first-order valence-corrected chi connectivity index (χ1v) is 9.84. The molecule has 0 atom stereocenters. The Morgan fingerprint density at radius 1 is 1.33 bits per heavy atom. The molecule has 0 unspecified atom stereocenters. The van der Waals surface area contributed by atoms with Crippen molar-refractivity contribution in [3.05, 3.63) is 28.5 Å². The predicted octanol–water partition coefficient (Wildman–Crippen LogP) is 2.75.